The van der Waals surface area contributed by atoms with Crippen LogP contribution in [0.2, 0.25) is 0 Å². The molecule has 0 amide bonds. The summed E-state index contributed by atoms with van der Waals surface area (Å²) in [7, 11) is 0. The second-order valence-corrected chi connectivity index (χ2v) is 6.05. The van der Waals surface area contributed by atoms with Crippen LogP contribution >= 0.6 is 11.3 Å². The number of rotatable bonds is 5. The Bertz CT molecular complexity index is 879. The number of nitrogens with zero attached hydrogens (tertiary/aromatic N) is 3. The highest BCUT2D eigenvalue weighted by molar-refractivity contribution is 7.07. The van der Waals surface area contributed by atoms with Crippen LogP contribution in [-0.2, 0) is 6.61 Å². The largest absolute Gasteiger partial charge is 0.489 e. The van der Waals surface area contributed by atoms with Crippen molar-refractivity contribution in [1.29, 1.82) is 0 Å². The van der Waals surface area contributed by atoms with Crippen LogP contribution in [0, 0.1) is 6.92 Å². The SMILES string of the molecule is Cc1csc(=NN=Cc2ccc(OCc3ccccc3)cc2)n1N. The van der Waals surface area contributed by atoms with Gasteiger partial charge < -0.3 is 10.6 Å². The van der Waals surface area contributed by atoms with Crippen LogP contribution in [0.4, 0.5) is 0 Å². The van der Waals surface area contributed by atoms with E-state index in [9.17, 15) is 0 Å². The molecular weight excluding hydrogens is 320 g/mol. The number of ether oxygens (including phenoxy) is 1. The Morgan fingerprint density at radius 2 is 1.88 bits per heavy atom. The van der Waals surface area contributed by atoms with E-state index in [1.165, 1.54) is 16.0 Å². The Morgan fingerprint density at radius 1 is 1.12 bits per heavy atom. The van der Waals surface area contributed by atoms with Crippen molar-refractivity contribution in [1.82, 2.24) is 4.68 Å². The molecule has 1 aromatic heterocycles. The molecule has 5 nitrogen and oxygen atoms in total. The molecule has 2 aromatic carbocycles. The summed E-state index contributed by atoms with van der Waals surface area (Å²) in [6.07, 6.45) is 1.69. The fraction of sp³-hybridized carbons (Fsp3) is 0.111. The predicted octanol–water partition coefficient (Wildman–Crippen LogP) is 3.09. The van der Waals surface area contributed by atoms with Crippen LogP contribution in [0.5, 0.6) is 5.75 Å². The minimum Gasteiger partial charge on any atom is -0.489 e. The number of thiazole rings is 1. The number of aromatic nitrogens is 1. The van der Waals surface area contributed by atoms with Gasteiger partial charge in [0.05, 0.1) is 6.21 Å². The lowest BCUT2D eigenvalue weighted by molar-refractivity contribution is 0.306. The first-order valence-electron chi connectivity index (χ1n) is 7.48. The molecule has 6 heteroatoms. The van der Waals surface area contributed by atoms with Gasteiger partial charge in [0.15, 0.2) is 0 Å². The molecule has 122 valence electrons. The van der Waals surface area contributed by atoms with E-state index in [4.69, 9.17) is 10.6 Å². The van der Waals surface area contributed by atoms with Gasteiger partial charge in [0, 0.05) is 11.1 Å². The minimum absolute atomic E-state index is 0.553. The lowest BCUT2D eigenvalue weighted by atomic mass is 10.2. The topological polar surface area (TPSA) is 64.9 Å². The molecule has 0 aliphatic carbocycles. The summed E-state index contributed by atoms with van der Waals surface area (Å²) in [5.41, 5.74) is 3.04. The van der Waals surface area contributed by atoms with Gasteiger partial charge in [-0.15, -0.1) is 16.4 Å². The molecule has 24 heavy (non-hydrogen) atoms. The van der Waals surface area contributed by atoms with Crippen LogP contribution in [0.1, 0.15) is 16.8 Å². The van der Waals surface area contributed by atoms with Crippen molar-refractivity contribution >= 4 is 17.6 Å². The zero-order valence-corrected chi connectivity index (χ0v) is 14.1. The number of nitrogen functional groups attached to an aromatic ring is 1. The van der Waals surface area contributed by atoms with E-state index in [2.05, 4.69) is 10.2 Å². The van der Waals surface area contributed by atoms with Crippen molar-refractivity contribution in [2.24, 2.45) is 10.2 Å². The summed E-state index contributed by atoms with van der Waals surface area (Å²) in [5.74, 6) is 6.65. The fourth-order valence-corrected chi connectivity index (χ4v) is 2.75. The molecule has 3 rings (SSSR count). The van der Waals surface area contributed by atoms with Crippen LogP contribution in [0.3, 0.4) is 0 Å². The minimum atomic E-state index is 0.553. The molecule has 0 aliphatic heterocycles. The molecule has 0 spiro atoms. The van der Waals surface area contributed by atoms with E-state index in [0.29, 0.717) is 11.4 Å². The Hall–Kier alpha value is -2.86. The maximum atomic E-state index is 5.83. The first kappa shape index (κ1) is 16.0. The summed E-state index contributed by atoms with van der Waals surface area (Å²) < 4.78 is 7.27. The third-order valence-electron chi connectivity index (χ3n) is 3.40. The maximum absolute atomic E-state index is 5.83. The van der Waals surface area contributed by atoms with Crippen molar-refractivity contribution in [3.63, 3.8) is 0 Å². The molecule has 3 aromatic rings. The quantitative estimate of drug-likeness (QED) is 0.441. The van der Waals surface area contributed by atoms with Gasteiger partial charge in [0.25, 0.3) is 0 Å². The number of hydrogen-bond acceptors (Lipinski definition) is 5. The lowest BCUT2D eigenvalue weighted by Crippen LogP contribution is -2.23. The molecule has 0 bridgehead atoms. The van der Waals surface area contributed by atoms with Crippen LogP contribution in [-0.4, -0.2) is 10.9 Å². The van der Waals surface area contributed by atoms with E-state index < -0.39 is 0 Å². The molecule has 0 atom stereocenters. The van der Waals surface area contributed by atoms with E-state index in [1.807, 2.05) is 66.9 Å². The third-order valence-corrected chi connectivity index (χ3v) is 4.35. The van der Waals surface area contributed by atoms with Crippen molar-refractivity contribution in [2.75, 3.05) is 5.84 Å². The molecule has 0 saturated heterocycles. The summed E-state index contributed by atoms with van der Waals surface area (Å²) in [5, 5.41) is 10.1. The lowest BCUT2D eigenvalue weighted by Gasteiger charge is -2.06. The highest BCUT2D eigenvalue weighted by atomic mass is 32.1. The molecule has 0 radical (unpaired) electrons. The van der Waals surface area contributed by atoms with Gasteiger partial charge in [0.2, 0.25) is 4.80 Å². The molecule has 0 fully saturated rings. The van der Waals surface area contributed by atoms with Gasteiger partial charge in [-0.3, -0.25) is 0 Å². The highest BCUT2D eigenvalue weighted by Crippen LogP contribution is 2.13. The average Bonchev–Trinajstić information content (AvgIpc) is 2.94. The first-order valence-corrected chi connectivity index (χ1v) is 8.36. The molecule has 0 aliphatic rings. The van der Waals surface area contributed by atoms with Crippen molar-refractivity contribution < 1.29 is 4.74 Å². The second kappa shape index (κ2) is 7.61. The number of benzene rings is 2. The van der Waals surface area contributed by atoms with E-state index >= 15 is 0 Å². The van der Waals surface area contributed by atoms with Gasteiger partial charge in [0.1, 0.15) is 12.4 Å². The first-order chi connectivity index (χ1) is 11.7. The standard InChI is InChI=1S/C18H18N4OS/c1-14-13-24-18(22(14)19)21-20-11-15-7-9-17(10-8-15)23-12-16-5-3-2-4-6-16/h2-11,13H,12,19H2,1H3. The molecule has 0 saturated carbocycles. The van der Waals surface area contributed by atoms with Gasteiger partial charge in [-0.1, -0.05) is 30.3 Å². The second-order valence-electron chi connectivity index (χ2n) is 5.22. The summed E-state index contributed by atoms with van der Waals surface area (Å²) >= 11 is 1.46. The number of aryl methyl sites for hydroxylation is 1. The normalized spacial score (nSPS) is 12.0. The van der Waals surface area contributed by atoms with Crippen molar-refractivity contribution in [3.05, 3.63) is 81.6 Å². The van der Waals surface area contributed by atoms with E-state index in [1.54, 1.807) is 6.21 Å². The number of nitrogens with two attached hydrogens (primary N) is 1. The van der Waals surface area contributed by atoms with Gasteiger partial charge in [-0.25, -0.2) is 4.68 Å². The molecular formula is C18H18N4OS. The van der Waals surface area contributed by atoms with Gasteiger partial charge in [-0.05, 0) is 42.3 Å². The summed E-state index contributed by atoms with van der Waals surface area (Å²) in [6.45, 7) is 2.48. The third kappa shape index (κ3) is 4.11. The Kier molecular flexibility index (Phi) is 5.08. The Labute approximate surface area is 144 Å². The Balaban J connectivity index is 1.61. The van der Waals surface area contributed by atoms with Crippen LogP contribution in [0.25, 0.3) is 0 Å². The highest BCUT2D eigenvalue weighted by Gasteiger charge is 1.96. The zero-order chi connectivity index (χ0) is 16.8. The van der Waals surface area contributed by atoms with Crippen LogP contribution < -0.4 is 15.4 Å². The predicted molar refractivity (Wildman–Crippen MR) is 97.6 cm³/mol. The molecule has 0 unspecified atom stereocenters. The van der Waals surface area contributed by atoms with Crippen molar-refractivity contribution in [2.45, 2.75) is 13.5 Å². The van der Waals surface area contributed by atoms with Crippen molar-refractivity contribution in [3.8, 4) is 5.75 Å². The summed E-state index contributed by atoms with van der Waals surface area (Å²) in [6, 6.07) is 17.8. The van der Waals surface area contributed by atoms with E-state index in [0.717, 1.165) is 22.6 Å². The molecule has 1 heterocycles. The zero-order valence-electron chi connectivity index (χ0n) is 13.3. The molecule has 2 N–H and O–H groups in total. The summed E-state index contributed by atoms with van der Waals surface area (Å²) in [4.78, 5) is 0.659. The van der Waals surface area contributed by atoms with Crippen LogP contribution in [0.15, 0.2) is 70.2 Å². The average molecular weight is 338 g/mol. The number of hydrogen-bond donors (Lipinski definition) is 1. The smallest absolute Gasteiger partial charge is 0.229 e. The fourth-order valence-electron chi connectivity index (χ4n) is 2.01. The maximum Gasteiger partial charge on any atom is 0.229 e. The van der Waals surface area contributed by atoms with Gasteiger partial charge >= 0.3 is 0 Å². The monoisotopic (exact) mass is 338 g/mol. The van der Waals surface area contributed by atoms with E-state index in [-0.39, 0.29) is 0 Å². The Morgan fingerprint density at radius 3 is 2.54 bits per heavy atom. The van der Waals surface area contributed by atoms with Gasteiger partial charge in [-0.2, -0.15) is 5.10 Å².